The molecule has 9 heteroatoms. The molecule has 4 rings (SSSR count). The van der Waals surface area contributed by atoms with Gasteiger partial charge in [-0.2, -0.15) is 5.10 Å². The van der Waals surface area contributed by atoms with Crippen LogP contribution in [0.4, 0.5) is 0 Å². The number of oxazole rings is 1. The number of thioether (sulfide) groups is 1. The molecule has 0 bridgehead atoms. The van der Waals surface area contributed by atoms with Crippen LogP contribution in [-0.4, -0.2) is 22.9 Å². The van der Waals surface area contributed by atoms with E-state index in [0.717, 1.165) is 25.6 Å². The van der Waals surface area contributed by atoms with Gasteiger partial charge in [0.2, 0.25) is 0 Å². The lowest BCUT2D eigenvalue weighted by Gasteiger charge is -2.11. The number of carbonyl (C=O) groups excluding carboxylic acids is 1. The molecule has 0 aliphatic rings. The van der Waals surface area contributed by atoms with Crippen LogP contribution in [0, 0.1) is 6.92 Å². The average molecular weight is 589 g/mol. The molecule has 3 aromatic carbocycles. The minimum atomic E-state index is -0.255. The summed E-state index contributed by atoms with van der Waals surface area (Å²) in [7, 11) is 0. The fourth-order valence-corrected chi connectivity index (χ4v) is 5.08. The van der Waals surface area contributed by atoms with Crippen LogP contribution in [0.3, 0.4) is 0 Å². The summed E-state index contributed by atoms with van der Waals surface area (Å²) < 4.78 is 13.1. The molecule has 6 nitrogen and oxygen atoms in total. The fourth-order valence-electron chi connectivity index (χ4n) is 3.00. The van der Waals surface area contributed by atoms with Crippen LogP contribution in [0.1, 0.15) is 16.7 Å². The van der Waals surface area contributed by atoms with E-state index < -0.39 is 0 Å². The summed E-state index contributed by atoms with van der Waals surface area (Å²) in [6.45, 7) is 2.51. The molecule has 1 N–H and O–H groups in total. The highest BCUT2D eigenvalue weighted by Gasteiger charge is 2.10. The molecule has 4 aromatic rings. The number of nitrogens with one attached hydrogen (secondary N) is 1. The maximum atomic E-state index is 12.1. The zero-order valence-corrected chi connectivity index (χ0v) is 21.5. The van der Waals surface area contributed by atoms with E-state index in [9.17, 15) is 4.79 Å². The zero-order valence-electron chi connectivity index (χ0n) is 17.5. The van der Waals surface area contributed by atoms with Gasteiger partial charge in [0.05, 0.1) is 20.9 Å². The molecule has 1 aromatic heterocycles. The Morgan fingerprint density at radius 3 is 2.70 bits per heavy atom. The van der Waals surface area contributed by atoms with Gasteiger partial charge in [-0.25, -0.2) is 10.4 Å². The second-order valence-electron chi connectivity index (χ2n) is 7.12. The van der Waals surface area contributed by atoms with E-state index in [2.05, 4.69) is 66.4 Å². The molecule has 33 heavy (non-hydrogen) atoms. The molecule has 0 unspecified atom stereocenters. The number of carbonyl (C=O) groups is 1. The van der Waals surface area contributed by atoms with Crippen molar-refractivity contribution in [3.8, 4) is 5.75 Å². The van der Waals surface area contributed by atoms with Gasteiger partial charge in [-0.3, -0.25) is 4.79 Å². The summed E-state index contributed by atoms with van der Waals surface area (Å²) in [6, 6.07) is 19.4. The van der Waals surface area contributed by atoms with Crippen molar-refractivity contribution in [3.05, 3.63) is 86.3 Å². The molecule has 0 fully saturated rings. The minimum absolute atomic E-state index is 0.142. The first kappa shape index (κ1) is 23.5. The van der Waals surface area contributed by atoms with Crippen molar-refractivity contribution >= 4 is 66.8 Å². The molecule has 168 valence electrons. The second kappa shape index (κ2) is 11.0. The number of halogens is 2. The van der Waals surface area contributed by atoms with Crippen LogP contribution in [-0.2, 0) is 11.4 Å². The van der Waals surface area contributed by atoms with E-state index in [1.807, 2.05) is 48.5 Å². The number of fused-ring (bicyclic) bond motifs is 1. The van der Waals surface area contributed by atoms with Crippen molar-refractivity contribution in [1.82, 2.24) is 10.4 Å². The first-order valence-corrected chi connectivity index (χ1v) is 12.5. The van der Waals surface area contributed by atoms with Gasteiger partial charge in [0, 0.05) is 0 Å². The highest BCUT2D eigenvalue weighted by Crippen LogP contribution is 2.35. The Morgan fingerprint density at radius 1 is 1.15 bits per heavy atom. The van der Waals surface area contributed by atoms with Crippen molar-refractivity contribution in [2.75, 3.05) is 5.75 Å². The second-order valence-corrected chi connectivity index (χ2v) is 9.76. The van der Waals surface area contributed by atoms with Gasteiger partial charge in [-0.15, -0.1) is 0 Å². The fraction of sp³-hybridized carbons (Fsp3) is 0.125. The lowest BCUT2D eigenvalue weighted by Crippen LogP contribution is -2.19. The number of amides is 1. The number of ether oxygens (including phenoxy) is 1. The molecule has 0 atom stereocenters. The van der Waals surface area contributed by atoms with Crippen LogP contribution < -0.4 is 10.2 Å². The van der Waals surface area contributed by atoms with E-state index in [0.29, 0.717) is 23.2 Å². The van der Waals surface area contributed by atoms with E-state index in [1.165, 1.54) is 17.3 Å². The van der Waals surface area contributed by atoms with Crippen molar-refractivity contribution in [2.45, 2.75) is 18.8 Å². The van der Waals surface area contributed by atoms with Crippen LogP contribution in [0.2, 0.25) is 0 Å². The number of hydrogen-bond acceptors (Lipinski definition) is 6. The lowest BCUT2D eigenvalue weighted by atomic mass is 10.1. The van der Waals surface area contributed by atoms with Gasteiger partial charge in [-0.1, -0.05) is 53.7 Å². The van der Waals surface area contributed by atoms with Crippen molar-refractivity contribution < 1.29 is 13.9 Å². The van der Waals surface area contributed by atoms with Crippen molar-refractivity contribution in [3.63, 3.8) is 0 Å². The summed E-state index contributed by atoms with van der Waals surface area (Å²) >= 11 is 8.31. The van der Waals surface area contributed by atoms with Crippen LogP contribution >= 0.6 is 43.6 Å². The highest BCUT2D eigenvalue weighted by molar-refractivity contribution is 9.11. The summed E-state index contributed by atoms with van der Waals surface area (Å²) in [4.78, 5) is 16.4. The van der Waals surface area contributed by atoms with Gasteiger partial charge in [0.1, 0.15) is 17.9 Å². The van der Waals surface area contributed by atoms with Gasteiger partial charge in [0.25, 0.3) is 11.1 Å². The number of aromatic nitrogens is 1. The molecule has 0 radical (unpaired) electrons. The first-order valence-electron chi connectivity index (χ1n) is 9.95. The van der Waals surface area contributed by atoms with Crippen LogP contribution in [0.25, 0.3) is 11.1 Å². The third-order valence-corrected chi connectivity index (χ3v) is 6.50. The van der Waals surface area contributed by atoms with E-state index >= 15 is 0 Å². The molecular weight excluding hydrogens is 570 g/mol. The number of para-hydroxylation sites is 2. The predicted molar refractivity (Wildman–Crippen MR) is 138 cm³/mol. The van der Waals surface area contributed by atoms with E-state index in [1.54, 1.807) is 6.21 Å². The monoisotopic (exact) mass is 587 g/mol. The first-order chi connectivity index (χ1) is 16.0. The molecular formula is C24H19Br2N3O3S. The maximum absolute atomic E-state index is 12.1. The molecule has 0 aliphatic carbocycles. The van der Waals surface area contributed by atoms with E-state index in [4.69, 9.17) is 9.15 Å². The Hall–Kier alpha value is -2.62. The number of hydrogen-bond donors (Lipinski definition) is 1. The molecule has 0 spiro atoms. The smallest absolute Gasteiger partial charge is 0.257 e. The summed E-state index contributed by atoms with van der Waals surface area (Å²) in [6.07, 6.45) is 1.57. The third kappa shape index (κ3) is 6.46. The lowest BCUT2D eigenvalue weighted by molar-refractivity contribution is -0.118. The van der Waals surface area contributed by atoms with E-state index in [-0.39, 0.29) is 11.7 Å². The SMILES string of the molecule is Cc1cccc(COc2c(Br)cc(/C=N/NC(=O)CSc3nc4ccccc4o3)cc2Br)c1. The quantitative estimate of drug-likeness (QED) is 0.145. The highest BCUT2D eigenvalue weighted by atomic mass is 79.9. The average Bonchev–Trinajstić information content (AvgIpc) is 3.20. The van der Waals surface area contributed by atoms with Gasteiger partial charge in [-0.05, 0) is 74.2 Å². The standard InChI is InChI=1S/C24H19Br2N3O3S/c1-15-5-4-6-16(9-15)13-31-23-18(25)10-17(11-19(23)26)12-27-29-22(30)14-33-24-28-20-7-2-3-8-21(20)32-24/h2-12H,13-14H2,1H3,(H,29,30)/b27-12+. The van der Waals surface area contributed by atoms with Gasteiger partial charge < -0.3 is 9.15 Å². The third-order valence-electron chi connectivity index (χ3n) is 4.49. The Bertz CT molecular complexity index is 1270. The number of nitrogens with zero attached hydrogens (tertiary/aromatic N) is 2. The predicted octanol–water partition coefficient (Wildman–Crippen LogP) is 6.48. The minimum Gasteiger partial charge on any atom is -0.487 e. The van der Waals surface area contributed by atoms with Crippen LogP contribution in [0.15, 0.2) is 84.4 Å². The largest absolute Gasteiger partial charge is 0.487 e. The van der Waals surface area contributed by atoms with Crippen molar-refractivity contribution in [1.29, 1.82) is 0 Å². The molecule has 1 amide bonds. The maximum Gasteiger partial charge on any atom is 0.257 e. The number of benzene rings is 3. The summed E-state index contributed by atoms with van der Waals surface area (Å²) in [5, 5.41) is 4.49. The zero-order chi connectivity index (χ0) is 23.2. The van der Waals surface area contributed by atoms with Crippen molar-refractivity contribution in [2.24, 2.45) is 5.10 Å². The Morgan fingerprint density at radius 2 is 1.94 bits per heavy atom. The van der Waals surface area contributed by atoms with Gasteiger partial charge >= 0.3 is 0 Å². The molecule has 0 aliphatic heterocycles. The number of rotatable bonds is 8. The summed E-state index contributed by atoms with van der Waals surface area (Å²) in [5.41, 5.74) is 7.06. The molecule has 0 saturated heterocycles. The molecule has 0 saturated carbocycles. The number of aryl methyl sites for hydroxylation is 1. The summed E-state index contributed by atoms with van der Waals surface area (Å²) in [5.74, 6) is 0.589. The normalized spacial score (nSPS) is 11.2. The Balaban J connectivity index is 1.30. The Labute approximate surface area is 212 Å². The van der Waals surface area contributed by atoms with Gasteiger partial charge in [0.15, 0.2) is 5.58 Å². The van der Waals surface area contributed by atoms with Crippen LogP contribution in [0.5, 0.6) is 5.75 Å². The Kier molecular flexibility index (Phi) is 7.85. The topological polar surface area (TPSA) is 76.7 Å². The number of hydrazone groups is 1. The molecule has 1 heterocycles.